The molecule has 0 aromatic heterocycles. The van der Waals surface area contributed by atoms with E-state index in [9.17, 15) is 0 Å². The van der Waals surface area contributed by atoms with Crippen LogP contribution < -0.4 is 11.1 Å². The van der Waals surface area contributed by atoms with Gasteiger partial charge in [-0.1, -0.05) is 5.16 Å². The molecule has 0 radical (unpaired) electrons. The molecule has 0 aromatic rings. The molecule has 5 nitrogen and oxygen atoms in total. The minimum Gasteiger partial charge on any atom is -0.409 e. The molecule has 0 bridgehead atoms. The molecule has 1 saturated heterocycles. The molecule has 0 aromatic carbocycles. The molecule has 1 heterocycles. The monoisotopic (exact) mass is 215 g/mol. The van der Waals surface area contributed by atoms with E-state index in [1.807, 2.05) is 0 Å². The van der Waals surface area contributed by atoms with Crippen LogP contribution in [-0.2, 0) is 4.74 Å². The van der Waals surface area contributed by atoms with Gasteiger partial charge in [0.05, 0.1) is 0 Å². The number of ether oxygens (including phenoxy) is 1. The summed E-state index contributed by atoms with van der Waals surface area (Å²) in [6.07, 6.45) is 3.89. The Morgan fingerprint density at radius 3 is 2.87 bits per heavy atom. The summed E-state index contributed by atoms with van der Waals surface area (Å²) in [6, 6.07) is 0. The van der Waals surface area contributed by atoms with E-state index < -0.39 is 0 Å². The zero-order valence-corrected chi connectivity index (χ0v) is 9.11. The Morgan fingerprint density at radius 2 is 2.20 bits per heavy atom. The number of oxime groups is 1. The maximum absolute atomic E-state index is 8.32. The summed E-state index contributed by atoms with van der Waals surface area (Å²) in [5, 5.41) is 14.6. The highest BCUT2D eigenvalue weighted by molar-refractivity contribution is 5.79. The van der Waals surface area contributed by atoms with Crippen LogP contribution in [0, 0.1) is 5.92 Å². The molecular formula is C10H21N3O2. The smallest absolute Gasteiger partial charge is 0.139 e. The second-order valence-electron chi connectivity index (χ2n) is 3.95. The first-order valence-corrected chi connectivity index (χ1v) is 5.58. The molecule has 0 aliphatic carbocycles. The molecule has 1 fully saturated rings. The zero-order valence-electron chi connectivity index (χ0n) is 9.11. The van der Waals surface area contributed by atoms with Gasteiger partial charge in [-0.2, -0.15) is 0 Å². The summed E-state index contributed by atoms with van der Waals surface area (Å²) in [4.78, 5) is 0. The summed E-state index contributed by atoms with van der Waals surface area (Å²) in [5.74, 6) is 1.06. The van der Waals surface area contributed by atoms with Crippen LogP contribution in [0.15, 0.2) is 5.16 Å². The summed E-state index contributed by atoms with van der Waals surface area (Å²) in [5.41, 5.74) is 5.35. The van der Waals surface area contributed by atoms with Gasteiger partial charge < -0.3 is 21.0 Å². The van der Waals surface area contributed by atoms with Crippen molar-refractivity contribution in [1.29, 1.82) is 0 Å². The first kappa shape index (κ1) is 12.3. The molecular weight excluding hydrogens is 194 g/mol. The van der Waals surface area contributed by atoms with Gasteiger partial charge in [0.15, 0.2) is 0 Å². The summed E-state index contributed by atoms with van der Waals surface area (Å²) in [7, 11) is 0. The van der Waals surface area contributed by atoms with Crippen molar-refractivity contribution in [3.63, 3.8) is 0 Å². The molecule has 15 heavy (non-hydrogen) atoms. The van der Waals surface area contributed by atoms with E-state index in [1.165, 1.54) is 0 Å². The quantitative estimate of drug-likeness (QED) is 0.198. The van der Waals surface area contributed by atoms with Gasteiger partial charge in [-0.25, -0.2) is 0 Å². The SMILES string of the molecule is NC(CCCNCC1CCOCC1)=NO. The topological polar surface area (TPSA) is 79.9 Å². The van der Waals surface area contributed by atoms with Crippen LogP contribution in [0.2, 0.25) is 0 Å². The van der Waals surface area contributed by atoms with Crippen LogP contribution in [0.3, 0.4) is 0 Å². The maximum atomic E-state index is 8.32. The Morgan fingerprint density at radius 1 is 1.47 bits per heavy atom. The van der Waals surface area contributed by atoms with E-state index in [2.05, 4.69) is 10.5 Å². The first-order chi connectivity index (χ1) is 7.33. The fourth-order valence-corrected chi connectivity index (χ4v) is 1.70. The molecule has 88 valence electrons. The molecule has 0 atom stereocenters. The molecule has 1 aliphatic heterocycles. The maximum Gasteiger partial charge on any atom is 0.139 e. The van der Waals surface area contributed by atoms with Crippen LogP contribution in [0.4, 0.5) is 0 Å². The lowest BCUT2D eigenvalue weighted by Gasteiger charge is -2.22. The van der Waals surface area contributed by atoms with Crippen LogP contribution in [0.1, 0.15) is 25.7 Å². The number of rotatable bonds is 6. The Labute approximate surface area is 90.7 Å². The Bertz CT molecular complexity index is 191. The zero-order chi connectivity index (χ0) is 10.9. The molecule has 0 spiro atoms. The lowest BCUT2D eigenvalue weighted by atomic mass is 10.0. The normalized spacial score (nSPS) is 19.3. The lowest BCUT2D eigenvalue weighted by molar-refractivity contribution is 0.0664. The molecule has 1 rings (SSSR count). The standard InChI is InChI=1S/C10H21N3O2/c11-10(13-14)2-1-5-12-8-9-3-6-15-7-4-9/h9,12,14H,1-8H2,(H2,11,13). The van der Waals surface area contributed by atoms with Crippen molar-refractivity contribution < 1.29 is 9.94 Å². The van der Waals surface area contributed by atoms with Crippen LogP contribution in [0.5, 0.6) is 0 Å². The molecule has 0 amide bonds. The second kappa shape index (κ2) is 7.48. The molecule has 0 saturated carbocycles. The van der Waals surface area contributed by atoms with E-state index in [0.717, 1.165) is 51.5 Å². The molecule has 1 aliphatic rings. The third kappa shape index (κ3) is 5.59. The van der Waals surface area contributed by atoms with Gasteiger partial charge in [0, 0.05) is 19.6 Å². The van der Waals surface area contributed by atoms with Gasteiger partial charge in [0.1, 0.15) is 5.84 Å². The van der Waals surface area contributed by atoms with Crippen molar-refractivity contribution in [3.8, 4) is 0 Å². The van der Waals surface area contributed by atoms with Crippen molar-refractivity contribution in [2.75, 3.05) is 26.3 Å². The third-order valence-corrected chi connectivity index (χ3v) is 2.69. The number of nitrogens with two attached hydrogens (primary N) is 1. The summed E-state index contributed by atoms with van der Waals surface area (Å²) in [6.45, 7) is 3.78. The number of nitrogens with one attached hydrogen (secondary N) is 1. The van der Waals surface area contributed by atoms with Crippen molar-refractivity contribution in [1.82, 2.24) is 5.32 Å². The fourth-order valence-electron chi connectivity index (χ4n) is 1.70. The number of nitrogens with zero attached hydrogens (tertiary/aromatic N) is 1. The number of hydrogen-bond acceptors (Lipinski definition) is 4. The van der Waals surface area contributed by atoms with Crippen LogP contribution in [0.25, 0.3) is 0 Å². The van der Waals surface area contributed by atoms with E-state index in [4.69, 9.17) is 15.7 Å². The fraction of sp³-hybridized carbons (Fsp3) is 0.900. The average Bonchev–Trinajstić information content (AvgIpc) is 2.29. The predicted molar refractivity (Wildman–Crippen MR) is 59.1 cm³/mol. The lowest BCUT2D eigenvalue weighted by Crippen LogP contribution is -2.28. The molecule has 5 heteroatoms. The minimum absolute atomic E-state index is 0.308. The average molecular weight is 215 g/mol. The summed E-state index contributed by atoms with van der Waals surface area (Å²) < 4.78 is 5.29. The second-order valence-corrected chi connectivity index (χ2v) is 3.95. The van der Waals surface area contributed by atoms with E-state index >= 15 is 0 Å². The molecule has 4 N–H and O–H groups in total. The van der Waals surface area contributed by atoms with Gasteiger partial charge in [0.25, 0.3) is 0 Å². The van der Waals surface area contributed by atoms with Gasteiger partial charge >= 0.3 is 0 Å². The highest BCUT2D eigenvalue weighted by Gasteiger charge is 2.12. The van der Waals surface area contributed by atoms with Crippen molar-refractivity contribution in [3.05, 3.63) is 0 Å². The van der Waals surface area contributed by atoms with Crippen molar-refractivity contribution in [2.45, 2.75) is 25.7 Å². The van der Waals surface area contributed by atoms with E-state index in [0.29, 0.717) is 12.3 Å². The van der Waals surface area contributed by atoms with Crippen molar-refractivity contribution >= 4 is 5.84 Å². The van der Waals surface area contributed by atoms with Gasteiger partial charge in [-0.3, -0.25) is 0 Å². The molecule has 0 unspecified atom stereocenters. The van der Waals surface area contributed by atoms with Crippen LogP contribution >= 0.6 is 0 Å². The summed E-state index contributed by atoms with van der Waals surface area (Å²) >= 11 is 0. The predicted octanol–water partition coefficient (Wildman–Crippen LogP) is 0.529. The van der Waals surface area contributed by atoms with Gasteiger partial charge in [0.2, 0.25) is 0 Å². The first-order valence-electron chi connectivity index (χ1n) is 5.58. The van der Waals surface area contributed by atoms with E-state index in [-0.39, 0.29) is 0 Å². The Kier molecular flexibility index (Phi) is 6.11. The highest BCUT2D eigenvalue weighted by Crippen LogP contribution is 2.12. The number of amidine groups is 1. The van der Waals surface area contributed by atoms with E-state index in [1.54, 1.807) is 0 Å². The number of hydrogen-bond donors (Lipinski definition) is 3. The van der Waals surface area contributed by atoms with Gasteiger partial charge in [-0.05, 0) is 38.3 Å². The van der Waals surface area contributed by atoms with Crippen molar-refractivity contribution in [2.24, 2.45) is 16.8 Å². The largest absolute Gasteiger partial charge is 0.409 e. The Balaban J connectivity index is 1.92. The third-order valence-electron chi connectivity index (χ3n) is 2.69. The minimum atomic E-state index is 0.308. The van der Waals surface area contributed by atoms with Gasteiger partial charge in [-0.15, -0.1) is 0 Å². The van der Waals surface area contributed by atoms with Crippen LogP contribution in [-0.4, -0.2) is 37.3 Å². The Hall–Kier alpha value is -0.810. The highest BCUT2D eigenvalue weighted by atomic mass is 16.5.